The van der Waals surface area contributed by atoms with Gasteiger partial charge in [-0.1, -0.05) is 58.6 Å². The molecule has 1 rings (SSSR count). The number of carboxylic acid groups (broad SMARTS) is 1. The molecule has 9 heteroatoms. The molecule has 0 fully saturated rings. The van der Waals surface area contributed by atoms with E-state index in [9.17, 15) is 4.79 Å². The number of hydroxylamine groups is 1. The van der Waals surface area contributed by atoms with E-state index in [1.54, 1.807) is 6.08 Å². The third-order valence-corrected chi connectivity index (χ3v) is 5.69. The van der Waals surface area contributed by atoms with Gasteiger partial charge >= 0.3 is 5.97 Å². The van der Waals surface area contributed by atoms with Crippen molar-refractivity contribution in [3.05, 3.63) is 78.6 Å². The molecule has 0 saturated carbocycles. The highest BCUT2D eigenvalue weighted by Crippen LogP contribution is 2.17. The van der Waals surface area contributed by atoms with Crippen molar-refractivity contribution < 1.29 is 24.9 Å². The average molecular weight is 622 g/mol. The number of hydrogen-bond donors (Lipinski definition) is 5. The molecule has 0 aromatic heterocycles. The standard InChI is InChI=1S/C21H31N3O4.C7H11Cl.C4H9N.C2H6/c1-4-7-16(3)27-18-11-9-17(10-12-18)21(23)15(2)14-19(22)28-24-13-6-5-8-20(25)26;1-3-7(2)5-4-6-8;1-4(2)5-3;1-2/h9-12,14,16,22-24H,4-8,13H2,1-3H3,(H,25,26);3H,1-2,4-6H2;5H,1H2,2-3H3;1-2H3/p+1/b15-14-,22-19?,23-21?;;;. The number of alkyl halides is 1. The lowest BCUT2D eigenvalue weighted by atomic mass is 10.0. The van der Waals surface area contributed by atoms with Crippen molar-refractivity contribution >= 4 is 29.2 Å². The maximum Gasteiger partial charge on any atom is 0.303 e. The van der Waals surface area contributed by atoms with Gasteiger partial charge in [-0.2, -0.15) is 5.48 Å². The van der Waals surface area contributed by atoms with Gasteiger partial charge in [0.15, 0.2) is 0 Å². The summed E-state index contributed by atoms with van der Waals surface area (Å²) < 4.78 is 5.84. The van der Waals surface area contributed by atoms with Crippen molar-refractivity contribution in [3.8, 4) is 5.75 Å². The molecule has 244 valence electrons. The molecule has 43 heavy (non-hydrogen) atoms. The van der Waals surface area contributed by atoms with Crippen LogP contribution in [-0.2, 0) is 9.63 Å². The van der Waals surface area contributed by atoms with Crippen LogP contribution in [0.5, 0.6) is 5.75 Å². The van der Waals surface area contributed by atoms with Crippen LogP contribution in [-0.4, -0.2) is 48.3 Å². The number of nitrogens with one attached hydrogen (secondary N) is 3. The van der Waals surface area contributed by atoms with Crippen LogP contribution in [0.4, 0.5) is 0 Å². The Balaban J connectivity index is -0.000000879. The smallest absolute Gasteiger partial charge is 0.303 e. The Kier molecular flexibility index (Phi) is 30.9. The molecule has 0 radical (unpaired) electrons. The zero-order valence-corrected chi connectivity index (χ0v) is 28.4. The molecule has 1 aromatic rings. The highest BCUT2D eigenvalue weighted by atomic mass is 35.5. The van der Waals surface area contributed by atoms with E-state index >= 15 is 0 Å². The second kappa shape index (κ2) is 30.1. The van der Waals surface area contributed by atoms with Crippen LogP contribution in [0.15, 0.2) is 73.0 Å². The first-order chi connectivity index (χ1) is 20.4. The predicted octanol–water partition coefficient (Wildman–Crippen LogP) is 7.02. The van der Waals surface area contributed by atoms with Crippen molar-refractivity contribution in [1.29, 1.82) is 5.41 Å². The summed E-state index contributed by atoms with van der Waals surface area (Å²) in [6.07, 6.45) is 8.90. The molecule has 0 aliphatic heterocycles. The lowest BCUT2D eigenvalue weighted by Gasteiger charge is -2.13. The maximum absolute atomic E-state index is 10.4. The minimum Gasteiger partial charge on any atom is -0.491 e. The quantitative estimate of drug-likeness (QED) is 0.0299. The Morgan fingerprint density at radius 2 is 1.72 bits per heavy atom. The van der Waals surface area contributed by atoms with Crippen molar-refractivity contribution in [3.63, 3.8) is 0 Å². The van der Waals surface area contributed by atoms with Crippen LogP contribution < -0.4 is 20.9 Å². The van der Waals surface area contributed by atoms with E-state index in [-0.39, 0.29) is 18.4 Å². The number of ether oxygens (including phenoxy) is 1. The Bertz CT molecular complexity index is 975. The minimum atomic E-state index is -0.812. The molecule has 0 amide bonds. The Morgan fingerprint density at radius 3 is 2.19 bits per heavy atom. The van der Waals surface area contributed by atoms with Gasteiger partial charge in [0.2, 0.25) is 11.6 Å². The van der Waals surface area contributed by atoms with Crippen molar-refractivity contribution in [2.24, 2.45) is 0 Å². The number of halogens is 1. The Labute approximate surface area is 266 Å². The van der Waals surface area contributed by atoms with Crippen LogP contribution in [0, 0.1) is 5.41 Å². The number of nitrogens with two attached hydrogens (primary N) is 1. The van der Waals surface area contributed by atoms with Crippen molar-refractivity contribution in [2.45, 2.75) is 92.6 Å². The molecule has 0 aliphatic carbocycles. The van der Waals surface area contributed by atoms with E-state index < -0.39 is 5.97 Å². The lowest BCUT2D eigenvalue weighted by Crippen LogP contribution is -2.41. The molecule has 0 bridgehead atoms. The zero-order chi connectivity index (χ0) is 33.6. The third-order valence-electron chi connectivity index (χ3n) is 5.42. The van der Waals surface area contributed by atoms with Gasteiger partial charge in [0.1, 0.15) is 5.75 Å². The fraction of sp³-hybridized carbons (Fsp3) is 0.500. The number of unbranched alkanes of at least 4 members (excludes halogenated alkanes) is 1. The van der Waals surface area contributed by atoms with Gasteiger partial charge in [-0.05, 0) is 82.8 Å². The summed E-state index contributed by atoms with van der Waals surface area (Å²) in [4.78, 5) is 15.5. The van der Waals surface area contributed by atoms with Gasteiger partial charge < -0.3 is 20.0 Å². The number of hydrogen-bond acceptors (Lipinski definition) is 6. The van der Waals surface area contributed by atoms with Gasteiger partial charge in [-0.3, -0.25) is 15.6 Å². The van der Waals surface area contributed by atoms with E-state index in [1.165, 1.54) is 6.08 Å². The SMILES string of the molecule is C=C(C)NC.C=CC(=C)CCCCl.CC.CCCC(C)Oc1ccc(C(=[NH2+])/C(C)=C\C(=N)ONCCCCC(=O)O)cc1. The molecule has 6 N–H and O–H groups in total. The summed E-state index contributed by atoms with van der Waals surface area (Å²) >= 11 is 5.43. The summed E-state index contributed by atoms with van der Waals surface area (Å²) in [5.74, 6) is 0.648. The van der Waals surface area contributed by atoms with E-state index in [0.29, 0.717) is 36.6 Å². The van der Waals surface area contributed by atoms with Gasteiger partial charge in [-0.25, -0.2) is 0 Å². The van der Waals surface area contributed by atoms with E-state index in [1.807, 2.05) is 59.0 Å². The number of benzene rings is 1. The highest BCUT2D eigenvalue weighted by molar-refractivity contribution is 6.17. The molecular weight excluding hydrogens is 564 g/mol. The van der Waals surface area contributed by atoms with Crippen LogP contribution in [0.1, 0.15) is 92.1 Å². The third kappa shape index (κ3) is 28.5. The molecule has 1 unspecified atom stereocenters. The molecule has 8 nitrogen and oxygen atoms in total. The molecule has 1 atom stereocenters. The Hall–Kier alpha value is -3.36. The molecule has 0 aliphatic rings. The number of carbonyl (C=O) groups is 1. The lowest BCUT2D eigenvalue weighted by molar-refractivity contribution is -0.137. The van der Waals surface area contributed by atoms with Gasteiger partial charge in [-0.15, -0.1) is 11.6 Å². The number of aliphatic carboxylic acids is 1. The second-order valence-corrected chi connectivity index (χ2v) is 9.76. The second-order valence-electron chi connectivity index (χ2n) is 9.38. The average Bonchev–Trinajstić information content (AvgIpc) is 2.99. The largest absolute Gasteiger partial charge is 0.491 e. The fourth-order valence-electron chi connectivity index (χ4n) is 2.94. The van der Waals surface area contributed by atoms with Crippen molar-refractivity contribution in [2.75, 3.05) is 19.5 Å². The van der Waals surface area contributed by atoms with Gasteiger partial charge in [0.25, 0.3) is 0 Å². The van der Waals surface area contributed by atoms with E-state index in [4.69, 9.17) is 37.1 Å². The number of rotatable bonds is 18. The van der Waals surface area contributed by atoms with E-state index in [2.05, 4.69) is 44.4 Å². The highest BCUT2D eigenvalue weighted by Gasteiger charge is 2.12. The molecule has 1 aromatic carbocycles. The summed E-state index contributed by atoms with van der Waals surface area (Å²) in [6, 6.07) is 7.57. The number of carboxylic acids is 1. The van der Waals surface area contributed by atoms with Crippen LogP contribution in [0.2, 0.25) is 0 Å². The van der Waals surface area contributed by atoms with Gasteiger partial charge in [0.05, 0.1) is 6.10 Å². The van der Waals surface area contributed by atoms with Crippen LogP contribution in [0.25, 0.3) is 0 Å². The summed E-state index contributed by atoms with van der Waals surface area (Å²) in [6.45, 7) is 23.3. The first kappa shape index (κ1) is 44.1. The predicted molar refractivity (Wildman–Crippen MR) is 184 cm³/mol. The zero-order valence-electron chi connectivity index (χ0n) is 27.7. The normalized spacial score (nSPS) is 10.6. The van der Waals surface area contributed by atoms with E-state index in [0.717, 1.165) is 48.3 Å². The first-order valence-corrected chi connectivity index (χ1v) is 15.4. The Morgan fingerprint density at radius 1 is 1.14 bits per heavy atom. The van der Waals surface area contributed by atoms with Crippen LogP contribution >= 0.6 is 11.6 Å². The first-order valence-electron chi connectivity index (χ1n) is 14.9. The fourth-order valence-corrected chi connectivity index (χ4v) is 3.07. The summed E-state index contributed by atoms with van der Waals surface area (Å²) in [5.41, 5.74) is 6.85. The van der Waals surface area contributed by atoms with Crippen LogP contribution in [0.3, 0.4) is 0 Å². The molecule has 0 spiro atoms. The van der Waals surface area contributed by atoms with Crippen molar-refractivity contribution in [1.82, 2.24) is 10.8 Å². The molecular formula is C34H58ClN4O4+. The van der Waals surface area contributed by atoms with Gasteiger partial charge in [0, 0.05) is 43.1 Å². The summed E-state index contributed by atoms with van der Waals surface area (Å²) in [7, 11) is 1.85. The summed E-state index contributed by atoms with van der Waals surface area (Å²) in [5, 5.41) is 25.4. The molecule has 0 saturated heterocycles. The molecule has 0 heterocycles. The maximum atomic E-state index is 10.4. The monoisotopic (exact) mass is 621 g/mol. The number of allylic oxidation sites excluding steroid dienone is 4. The minimum absolute atomic E-state index is 0.0629. The topological polar surface area (TPSA) is 129 Å².